The fourth-order valence-electron chi connectivity index (χ4n) is 3.46. The third kappa shape index (κ3) is 2.61. The molecule has 3 heteroatoms. The molecular weight excluding hydrogens is 297 g/mol. The van der Waals surface area contributed by atoms with Crippen LogP contribution in [0.15, 0.2) is 60.2 Å². The standard InChI is InChI=1S/C19H20F2P/c1-3-14-11-12-22(2,18-6-4-5-17(21)13-18)19(14)15-7-9-16(20)10-8-15/h4-11,13,19H,3,12H2,1-2H3/q+1. The summed E-state index contributed by atoms with van der Waals surface area (Å²) in [5, 5.41) is 1.11. The zero-order chi connectivity index (χ0) is 15.7. The van der Waals surface area contributed by atoms with Crippen LogP contribution < -0.4 is 5.30 Å². The Morgan fingerprint density at radius 3 is 2.41 bits per heavy atom. The van der Waals surface area contributed by atoms with E-state index in [1.54, 1.807) is 12.1 Å². The molecule has 0 aliphatic carbocycles. The quantitative estimate of drug-likeness (QED) is 0.530. The van der Waals surface area contributed by atoms with Crippen LogP contribution in [-0.2, 0) is 0 Å². The smallest absolute Gasteiger partial charge is 0.127 e. The van der Waals surface area contributed by atoms with Crippen molar-refractivity contribution in [2.45, 2.75) is 19.0 Å². The first-order valence-electron chi connectivity index (χ1n) is 7.60. The second-order valence-electron chi connectivity index (χ2n) is 6.02. The molecule has 2 aromatic rings. The van der Waals surface area contributed by atoms with Gasteiger partial charge in [0.2, 0.25) is 0 Å². The number of allylic oxidation sites excluding steroid dienone is 2. The maximum absolute atomic E-state index is 13.7. The second kappa shape index (κ2) is 5.93. The summed E-state index contributed by atoms with van der Waals surface area (Å²) < 4.78 is 27.0. The van der Waals surface area contributed by atoms with Gasteiger partial charge in [-0.05, 0) is 47.9 Å². The van der Waals surface area contributed by atoms with Crippen LogP contribution in [0.3, 0.4) is 0 Å². The lowest BCUT2D eigenvalue weighted by Crippen LogP contribution is -2.17. The minimum atomic E-state index is -1.57. The van der Waals surface area contributed by atoms with Gasteiger partial charge in [-0.3, -0.25) is 0 Å². The van der Waals surface area contributed by atoms with Crippen molar-refractivity contribution >= 4 is 12.6 Å². The second-order valence-corrected chi connectivity index (χ2v) is 9.95. The maximum Gasteiger partial charge on any atom is 0.127 e. The summed E-state index contributed by atoms with van der Waals surface area (Å²) in [5.41, 5.74) is 2.82. The van der Waals surface area contributed by atoms with Crippen LogP contribution in [0.25, 0.3) is 0 Å². The van der Waals surface area contributed by atoms with Crippen molar-refractivity contribution in [2.24, 2.45) is 0 Å². The third-order valence-electron chi connectivity index (χ3n) is 4.65. The van der Waals surface area contributed by atoms with Crippen molar-refractivity contribution in [3.05, 3.63) is 77.4 Å². The normalized spacial score (nSPS) is 24.4. The molecule has 0 amide bonds. The summed E-state index contributed by atoms with van der Waals surface area (Å²) >= 11 is 0. The Morgan fingerprint density at radius 1 is 1.05 bits per heavy atom. The van der Waals surface area contributed by atoms with E-state index in [0.29, 0.717) is 0 Å². The Morgan fingerprint density at radius 2 is 1.77 bits per heavy atom. The van der Waals surface area contributed by atoms with Crippen LogP contribution in [0, 0.1) is 11.6 Å². The molecule has 2 unspecified atom stereocenters. The summed E-state index contributed by atoms with van der Waals surface area (Å²) in [6.45, 7) is 4.44. The summed E-state index contributed by atoms with van der Waals surface area (Å²) in [6.07, 6.45) is 4.28. The highest BCUT2D eigenvalue weighted by atomic mass is 31.2. The van der Waals surface area contributed by atoms with Gasteiger partial charge < -0.3 is 0 Å². The molecule has 1 heterocycles. The Kier molecular flexibility index (Phi) is 4.14. The molecule has 1 aliphatic heterocycles. The van der Waals surface area contributed by atoms with Crippen LogP contribution >= 0.6 is 7.26 Å². The Bertz CT molecular complexity index is 706. The van der Waals surface area contributed by atoms with Gasteiger partial charge in [0.25, 0.3) is 0 Å². The Labute approximate surface area is 131 Å². The summed E-state index contributed by atoms with van der Waals surface area (Å²) in [4.78, 5) is 0. The minimum Gasteiger partial charge on any atom is -0.207 e. The lowest BCUT2D eigenvalue weighted by Gasteiger charge is -2.27. The van der Waals surface area contributed by atoms with Crippen LogP contribution in [0.1, 0.15) is 24.6 Å². The van der Waals surface area contributed by atoms with Gasteiger partial charge >= 0.3 is 0 Å². The van der Waals surface area contributed by atoms with Crippen molar-refractivity contribution in [1.82, 2.24) is 0 Å². The SMILES string of the molecule is CCC1=CC[P+](C)(c2cccc(F)c2)C1c1ccc(F)cc1. The van der Waals surface area contributed by atoms with E-state index in [-0.39, 0.29) is 17.3 Å². The predicted molar refractivity (Wildman–Crippen MR) is 91.3 cm³/mol. The van der Waals surface area contributed by atoms with Crippen molar-refractivity contribution in [2.75, 3.05) is 12.8 Å². The molecule has 3 rings (SSSR count). The van der Waals surface area contributed by atoms with Gasteiger partial charge in [-0.25, -0.2) is 8.78 Å². The van der Waals surface area contributed by atoms with Crippen molar-refractivity contribution in [3.63, 3.8) is 0 Å². The molecule has 22 heavy (non-hydrogen) atoms. The molecule has 0 nitrogen and oxygen atoms in total. The van der Waals surface area contributed by atoms with E-state index in [0.717, 1.165) is 23.5 Å². The van der Waals surface area contributed by atoms with Gasteiger partial charge in [-0.2, -0.15) is 0 Å². The Hall–Kier alpha value is -1.53. The van der Waals surface area contributed by atoms with Gasteiger partial charge in [0.1, 0.15) is 17.3 Å². The first-order chi connectivity index (χ1) is 10.5. The molecule has 0 aromatic heterocycles. The van der Waals surface area contributed by atoms with E-state index in [4.69, 9.17) is 0 Å². The predicted octanol–water partition coefficient (Wildman–Crippen LogP) is 5.33. The molecule has 0 spiro atoms. The molecule has 1 aliphatic rings. The number of halogens is 2. The molecule has 2 atom stereocenters. The maximum atomic E-state index is 13.7. The molecule has 0 fully saturated rings. The van der Waals surface area contributed by atoms with Gasteiger partial charge in [0, 0.05) is 6.07 Å². The van der Waals surface area contributed by atoms with Gasteiger partial charge in [0.15, 0.2) is 0 Å². The fraction of sp³-hybridized carbons (Fsp3) is 0.263. The molecular formula is C19H20F2P+. The van der Waals surface area contributed by atoms with Crippen LogP contribution in [0.4, 0.5) is 8.78 Å². The topological polar surface area (TPSA) is 0 Å². The van der Waals surface area contributed by atoms with E-state index >= 15 is 0 Å². The van der Waals surface area contributed by atoms with Gasteiger partial charge in [-0.1, -0.05) is 25.1 Å². The average molecular weight is 317 g/mol. The number of benzene rings is 2. The van der Waals surface area contributed by atoms with Crippen LogP contribution in [0.5, 0.6) is 0 Å². The van der Waals surface area contributed by atoms with E-state index < -0.39 is 7.26 Å². The molecule has 0 saturated carbocycles. The monoisotopic (exact) mass is 317 g/mol. The first-order valence-corrected chi connectivity index (χ1v) is 10.1. The largest absolute Gasteiger partial charge is 0.207 e. The summed E-state index contributed by atoms with van der Waals surface area (Å²) in [7, 11) is -1.57. The molecule has 0 saturated heterocycles. The van der Waals surface area contributed by atoms with Crippen LogP contribution in [0.2, 0.25) is 0 Å². The first kappa shape index (κ1) is 15.4. The zero-order valence-electron chi connectivity index (χ0n) is 12.9. The number of hydrogen-bond donors (Lipinski definition) is 0. The van der Waals surface area contributed by atoms with Crippen LogP contribution in [-0.4, -0.2) is 12.8 Å². The van der Waals surface area contributed by atoms with E-state index in [1.807, 2.05) is 18.2 Å². The molecule has 0 bridgehead atoms. The van der Waals surface area contributed by atoms with Crippen molar-refractivity contribution in [1.29, 1.82) is 0 Å². The zero-order valence-corrected chi connectivity index (χ0v) is 13.8. The lowest BCUT2D eigenvalue weighted by molar-refractivity contribution is 0.627. The molecule has 0 N–H and O–H groups in total. The van der Waals surface area contributed by atoms with Crippen molar-refractivity contribution in [3.8, 4) is 0 Å². The third-order valence-corrected chi connectivity index (χ3v) is 8.81. The summed E-state index contributed by atoms with van der Waals surface area (Å²) in [5.74, 6) is -0.393. The number of rotatable bonds is 3. The fourth-order valence-corrected chi connectivity index (χ4v) is 7.49. The molecule has 2 aromatic carbocycles. The Balaban J connectivity index is 2.09. The van der Waals surface area contributed by atoms with Gasteiger partial charge in [0.05, 0.1) is 25.4 Å². The minimum absolute atomic E-state index is 0.179. The highest BCUT2D eigenvalue weighted by Gasteiger charge is 2.49. The van der Waals surface area contributed by atoms with Gasteiger partial charge in [-0.15, -0.1) is 0 Å². The summed E-state index contributed by atoms with van der Waals surface area (Å²) in [6, 6.07) is 13.8. The van der Waals surface area contributed by atoms with Crippen molar-refractivity contribution < 1.29 is 8.78 Å². The van der Waals surface area contributed by atoms with E-state index in [9.17, 15) is 8.78 Å². The molecule has 0 radical (unpaired) electrons. The van der Waals surface area contributed by atoms with E-state index in [1.165, 1.54) is 23.8 Å². The lowest BCUT2D eigenvalue weighted by atomic mass is 10.0. The highest BCUT2D eigenvalue weighted by molar-refractivity contribution is 7.83. The number of hydrogen-bond acceptors (Lipinski definition) is 0. The average Bonchev–Trinajstić information content (AvgIpc) is 2.86. The highest BCUT2D eigenvalue weighted by Crippen LogP contribution is 2.72. The molecule has 114 valence electrons. The van der Waals surface area contributed by atoms with E-state index in [2.05, 4.69) is 19.7 Å².